The van der Waals surface area contributed by atoms with Gasteiger partial charge in [-0.1, -0.05) is 0 Å². The smallest absolute Gasteiger partial charge is 0.357 e. The van der Waals surface area contributed by atoms with Crippen LogP contribution in [0.25, 0.3) is 5.69 Å². The number of esters is 1. The zero-order valence-corrected chi connectivity index (χ0v) is 15.3. The highest BCUT2D eigenvalue weighted by Crippen LogP contribution is 2.38. The van der Waals surface area contributed by atoms with Crippen molar-refractivity contribution in [1.29, 1.82) is 0 Å². The summed E-state index contributed by atoms with van der Waals surface area (Å²) in [6.07, 6.45) is 2.25. The van der Waals surface area contributed by atoms with Crippen LogP contribution < -0.4 is 20.7 Å². The molecule has 0 fully saturated rings. The number of ether oxygens (including phenoxy) is 2. The van der Waals surface area contributed by atoms with Crippen LogP contribution in [0, 0.1) is 0 Å². The summed E-state index contributed by atoms with van der Waals surface area (Å²) in [6.45, 7) is 2.09. The van der Waals surface area contributed by atoms with Crippen LogP contribution >= 0.6 is 15.9 Å². The van der Waals surface area contributed by atoms with E-state index in [2.05, 4.69) is 31.9 Å². The van der Waals surface area contributed by atoms with Crippen molar-refractivity contribution < 1.29 is 14.3 Å². The molecule has 0 atom stereocenters. The fraction of sp³-hybridized carbons (Fsp3) is 0.250. The number of aromatic nitrogens is 2. The molecule has 25 heavy (non-hydrogen) atoms. The summed E-state index contributed by atoms with van der Waals surface area (Å²) in [4.78, 5) is 16.7. The summed E-state index contributed by atoms with van der Waals surface area (Å²) in [5, 5.41) is 1.84. The van der Waals surface area contributed by atoms with Gasteiger partial charge in [-0.3, -0.25) is 15.0 Å². The van der Waals surface area contributed by atoms with Crippen LogP contribution in [0.3, 0.4) is 0 Å². The molecule has 9 heteroatoms. The molecule has 130 valence electrons. The van der Waals surface area contributed by atoms with Gasteiger partial charge in [-0.15, -0.1) is 5.53 Å². The molecule has 2 aromatic rings. The lowest BCUT2D eigenvalue weighted by atomic mass is 10.2. The van der Waals surface area contributed by atoms with Gasteiger partial charge >= 0.3 is 5.97 Å². The molecule has 0 saturated carbocycles. The molecule has 2 aliphatic rings. The van der Waals surface area contributed by atoms with Crippen LogP contribution in [-0.4, -0.2) is 29.2 Å². The van der Waals surface area contributed by atoms with Gasteiger partial charge in [-0.05, 0) is 35.0 Å². The predicted octanol–water partition coefficient (Wildman–Crippen LogP) is 1.80. The lowest BCUT2D eigenvalue weighted by molar-refractivity contribution is -0.139. The minimum absolute atomic E-state index is 0.309. The number of imidazole rings is 1. The van der Waals surface area contributed by atoms with Crippen molar-refractivity contribution in [2.45, 2.75) is 13.3 Å². The first-order valence-corrected chi connectivity index (χ1v) is 8.55. The van der Waals surface area contributed by atoms with Crippen molar-refractivity contribution in [3.63, 3.8) is 0 Å². The molecule has 2 N–H and O–H groups in total. The highest BCUT2D eigenvalue weighted by Gasteiger charge is 2.34. The van der Waals surface area contributed by atoms with E-state index >= 15 is 0 Å². The summed E-state index contributed by atoms with van der Waals surface area (Å²) in [6, 6.07) is 5.75. The van der Waals surface area contributed by atoms with Crippen molar-refractivity contribution >= 4 is 27.6 Å². The average molecular weight is 406 g/mol. The number of halogens is 1. The Hall–Kier alpha value is -2.52. The normalized spacial score (nSPS) is 15.1. The molecule has 0 aliphatic carbocycles. The number of hydrogen-bond donors (Lipinski definition) is 2. The van der Waals surface area contributed by atoms with Gasteiger partial charge in [-0.2, -0.15) is 0 Å². The van der Waals surface area contributed by atoms with Gasteiger partial charge < -0.3 is 9.47 Å². The van der Waals surface area contributed by atoms with Crippen LogP contribution in [0.4, 0.5) is 5.69 Å². The second kappa shape index (κ2) is 6.08. The Balaban J connectivity index is 1.93. The van der Waals surface area contributed by atoms with Crippen molar-refractivity contribution in [2.24, 2.45) is 0 Å². The molecule has 0 spiro atoms. The van der Waals surface area contributed by atoms with Gasteiger partial charge in [0.15, 0.2) is 5.70 Å². The van der Waals surface area contributed by atoms with Crippen molar-refractivity contribution in [3.05, 3.63) is 46.2 Å². The second-order valence-corrected chi connectivity index (χ2v) is 6.25. The SMILES string of the molecule is CCOC(=O)C1=C2Cc3c(Br)ncn3-c3ccc(OC)cc3N2NN1. The van der Waals surface area contributed by atoms with Gasteiger partial charge in [0.25, 0.3) is 0 Å². The highest BCUT2D eigenvalue weighted by molar-refractivity contribution is 9.10. The van der Waals surface area contributed by atoms with E-state index in [1.807, 2.05) is 27.8 Å². The number of hydrazine groups is 2. The van der Waals surface area contributed by atoms with Crippen LogP contribution in [0.5, 0.6) is 5.75 Å². The van der Waals surface area contributed by atoms with E-state index in [1.54, 1.807) is 20.4 Å². The molecular weight excluding hydrogens is 390 g/mol. The molecule has 4 rings (SSSR count). The van der Waals surface area contributed by atoms with Crippen molar-refractivity contribution in [1.82, 2.24) is 20.5 Å². The Bertz CT molecular complexity index is 892. The highest BCUT2D eigenvalue weighted by atomic mass is 79.9. The first kappa shape index (κ1) is 16.0. The van der Waals surface area contributed by atoms with Gasteiger partial charge in [0.2, 0.25) is 0 Å². The van der Waals surface area contributed by atoms with Crippen LogP contribution in [0.1, 0.15) is 12.6 Å². The minimum Gasteiger partial charge on any atom is -0.497 e. The Kier molecular flexibility index (Phi) is 3.89. The molecule has 0 bridgehead atoms. The maximum Gasteiger partial charge on any atom is 0.357 e. The first-order chi connectivity index (χ1) is 12.1. The molecule has 0 radical (unpaired) electrons. The molecule has 0 saturated heterocycles. The first-order valence-electron chi connectivity index (χ1n) is 7.76. The molecule has 1 aromatic carbocycles. The molecule has 0 amide bonds. The topological polar surface area (TPSA) is 80.6 Å². The Morgan fingerprint density at radius 1 is 1.40 bits per heavy atom. The summed E-state index contributed by atoms with van der Waals surface area (Å²) in [7, 11) is 1.62. The third-order valence-corrected chi connectivity index (χ3v) is 4.83. The maximum absolute atomic E-state index is 12.3. The standard InChI is InChI=1S/C16H16BrN5O3/c1-3-25-16(23)14-12-7-13-15(17)18-8-21(13)10-5-4-9(24-2)6-11(10)22(12)20-19-14/h4-6,8,19-20H,3,7H2,1-2H3. The quantitative estimate of drug-likeness (QED) is 0.753. The van der Waals surface area contributed by atoms with E-state index in [4.69, 9.17) is 9.47 Å². The van der Waals surface area contributed by atoms with Gasteiger partial charge in [0, 0.05) is 12.5 Å². The molecule has 3 heterocycles. The average Bonchev–Trinajstić information content (AvgIpc) is 3.16. The number of allylic oxidation sites excluding steroid dienone is 1. The minimum atomic E-state index is -0.402. The van der Waals surface area contributed by atoms with Gasteiger partial charge in [-0.25, -0.2) is 9.78 Å². The number of rotatable bonds is 3. The number of carbonyl (C=O) groups excluding carboxylic acids is 1. The maximum atomic E-state index is 12.3. The van der Waals surface area contributed by atoms with E-state index in [-0.39, 0.29) is 0 Å². The van der Waals surface area contributed by atoms with E-state index in [0.29, 0.717) is 24.5 Å². The number of anilines is 1. The van der Waals surface area contributed by atoms with Crippen molar-refractivity contribution in [3.8, 4) is 11.4 Å². The summed E-state index contributed by atoms with van der Waals surface area (Å²) in [5.74, 6) is 0.313. The van der Waals surface area contributed by atoms with E-state index in [0.717, 1.165) is 27.4 Å². The van der Waals surface area contributed by atoms with E-state index in [1.165, 1.54) is 0 Å². The molecule has 2 aliphatic heterocycles. The number of carbonyl (C=O) groups is 1. The number of hydrogen-bond acceptors (Lipinski definition) is 7. The number of fused-ring (bicyclic) bond motifs is 5. The number of benzene rings is 1. The largest absolute Gasteiger partial charge is 0.497 e. The monoisotopic (exact) mass is 405 g/mol. The molecule has 1 aromatic heterocycles. The fourth-order valence-corrected chi connectivity index (χ4v) is 3.42. The Morgan fingerprint density at radius 3 is 3.00 bits per heavy atom. The molecule has 8 nitrogen and oxygen atoms in total. The Morgan fingerprint density at radius 2 is 2.24 bits per heavy atom. The fourth-order valence-electron chi connectivity index (χ4n) is 3.00. The molecular formula is C16H16BrN5O3. The third kappa shape index (κ3) is 2.47. The third-order valence-electron chi connectivity index (χ3n) is 4.16. The van der Waals surface area contributed by atoms with E-state index in [9.17, 15) is 4.79 Å². The number of nitrogens with one attached hydrogen (secondary N) is 2. The number of methoxy groups -OCH3 is 1. The zero-order chi connectivity index (χ0) is 17.6. The predicted molar refractivity (Wildman–Crippen MR) is 93.9 cm³/mol. The molecule has 0 unspecified atom stereocenters. The summed E-state index contributed by atoms with van der Waals surface area (Å²) >= 11 is 3.50. The second-order valence-electron chi connectivity index (χ2n) is 5.50. The lowest BCUT2D eigenvalue weighted by Crippen LogP contribution is -2.39. The van der Waals surface area contributed by atoms with Crippen LogP contribution in [-0.2, 0) is 16.0 Å². The number of nitrogens with zero attached hydrogens (tertiary/aromatic N) is 3. The van der Waals surface area contributed by atoms with Crippen molar-refractivity contribution in [2.75, 3.05) is 18.7 Å². The van der Waals surface area contributed by atoms with E-state index < -0.39 is 5.97 Å². The van der Waals surface area contributed by atoms with Crippen LogP contribution in [0.2, 0.25) is 0 Å². The Labute approximate surface area is 152 Å². The van der Waals surface area contributed by atoms with Gasteiger partial charge in [0.05, 0.1) is 36.5 Å². The van der Waals surface area contributed by atoms with Gasteiger partial charge in [0.1, 0.15) is 16.7 Å². The summed E-state index contributed by atoms with van der Waals surface area (Å²) < 4.78 is 13.3. The zero-order valence-electron chi connectivity index (χ0n) is 13.7. The lowest BCUT2D eigenvalue weighted by Gasteiger charge is -2.21. The summed E-state index contributed by atoms with van der Waals surface area (Å²) in [5.41, 5.74) is 9.81. The van der Waals surface area contributed by atoms with Crippen LogP contribution in [0.15, 0.2) is 40.5 Å².